The summed E-state index contributed by atoms with van der Waals surface area (Å²) >= 11 is 6.54. The highest BCUT2D eigenvalue weighted by molar-refractivity contribution is 6.33. The van der Waals surface area contributed by atoms with Crippen LogP contribution in [-0.4, -0.2) is 17.3 Å². The van der Waals surface area contributed by atoms with Gasteiger partial charge >= 0.3 is 0 Å². The number of halogens is 1. The van der Waals surface area contributed by atoms with Crippen LogP contribution in [0.15, 0.2) is 42.5 Å². The standard InChI is InChI=1S/C24H25ClN2O3/c1-3-4-9-19-23(17-7-5-6-8-18(17)25)22(24(26)28)15(2)27(19)13-16-10-11-20-21(12-16)30-14-29-20/h5-8,10-12H,3-4,9,13-14H2,1-2H3,(H2,26,28). The van der Waals surface area contributed by atoms with E-state index in [1.54, 1.807) is 0 Å². The van der Waals surface area contributed by atoms with Crippen LogP contribution < -0.4 is 15.2 Å². The van der Waals surface area contributed by atoms with Crippen LogP contribution in [0, 0.1) is 6.92 Å². The van der Waals surface area contributed by atoms with Crippen LogP contribution in [0.5, 0.6) is 11.5 Å². The van der Waals surface area contributed by atoms with Gasteiger partial charge in [0.1, 0.15) is 0 Å². The SMILES string of the molecule is CCCCc1c(-c2ccccc2Cl)c(C(N)=O)c(C)n1Cc1ccc2c(c1)OCO2. The molecule has 5 nitrogen and oxygen atoms in total. The van der Waals surface area contributed by atoms with Gasteiger partial charge in [-0.3, -0.25) is 4.79 Å². The van der Waals surface area contributed by atoms with Crippen molar-refractivity contribution in [1.29, 1.82) is 0 Å². The van der Waals surface area contributed by atoms with Gasteiger partial charge < -0.3 is 19.8 Å². The maximum atomic E-state index is 12.5. The zero-order valence-corrected chi connectivity index (χ0v) is 18.0. The average molecular weight is 425 g/mol. The van der Waals surface area contributed by atoms with Crippen molar-refractivity contribution < 1.29 is 14.3 Å². The Kier molecular flexibility index (Phi) is 5.73. The van der Waals surface area contributed by atoms with Crippen molar-refractivity contribution in [3.05, 3.63) is 70.0 Å². The van der Waals surface area contributed by atoms with E-state index in [1.165, 1.54) is 0 Å². The molecule has 0 radical (unpaired) electrons. The van der Waals surface area contributed by atoms with Crippen LogP contribution in [-0.2, 0) is 13.0 Å². The summed E-state index contributed by atoms with van der Waals surface area (Å²) in [5.41, 5.74) is 11.1. The van der Waals surface area contributed by atoms with Gasteiger partial charge in [0.15, 0.2) is 11.5 Å². The first-order valence-electron chi connectivity index (χ1n) is 10.2. The Hall–Kier alpha value is -2.92. The van der Waals surface area contributed by atoms with Crippen LogP contribution >= 0.6 is 11.6 Å². The van der Waals surface area contributed by atoms with Crippen LogP contribution in [0.2, 0.25) is 5.02 Å². The van der Waals surface area contributed by atoms with Gasteiger partial charge in [-0.15, -0.1) is 0 Å². The van der Waals surface area contributed by atoms with Crippen molar-refractivity contribution in [1.82, 2.24) is 4.57 Å². The smallest absolute Gasteiger partial charge is 0.251 e. The molecule has 0 saturated heterocycles. The number of benzene rings is 2. The Labute approximate surface area is 181 Å². The topological polar surface area (TPSA) is 66.5 Å². The Bertz CT molecular complexity index is 1100. The van der Waals surface area contributed by atoms with Gasteiger partial charge in [0.25, 0.3) is 5.91 Å². The van der Waals surface area contributed by atoms with E-state index in [9.17, 15) is 4.79 Å². The van der Waals surface area contributed by atoms with E-state index in [0.29, 0.717) is 17.1 Å². The minimum Gasteiger partial charge on any atom is -0.454 e. The van der Waals surface area contributed by atoms with Crippen molar-refractivity contribution in [3.8, 4) is 22.6 Å². The van der Waals surface area contributed by atoms with Crippen LogP contribution in [0.1, 0.15) is 47.1 Å². The molecule has 1 aliphatic rings. The molecular weight excluding hydrogens is 400 g/mol. The van der Waals surface area contributed by atoms with E-state index in [4.69, 9.17) is 26.8 Å². The molecule has 0 atom stereocenters. The van der Waals surface area contributed by atoms with Gasteiger partial charge in [-0.2, -0.15) is 0 Å². The van der Waals surface area contributed by atoms with Gasteiger partial charge in [0.05, 0.1) is 5.56 Å². The summed E-state index contributed by atoms with van der Waals surface area (Å²) < 4.78 is 13.1. The summed E-state index contributed by atoms with van der Waals surface area (Å²) in [4.78, 5) is 12.5. The lowest BCUT2D eigenvalue weighted by Crippen LogP contribution is -2.13. The minimum absolute atomic E-state index is 0.242. The normalized spacial score (nSPS) is 12.4. The number of carbonyl (C=O) groups excluding carboxylic acids is 1. The number of nitrogens with two attached hydrogens (primary N) is 1. The van der Waals surface area contributed by atoms with E-state index in [-0.39, 0.29) is 6.79 Å². The molecule has 0 spiro atoms. The number of fused-ring (bicyclic) bond motifs is 1. The predicted molar refractivity (Wildman–Crippen MR) is 118 cm³/mol. The van der Waals surface area contributed by atoms with Gasteiger partial charge in [-0.05, 0) is 43.5 Å². The minimum atomic E-state index is -0.440. The van der Waals surface area contributed by atoms with E-state index < -0.39 is 5.91 Å². The highest BCUT2D eigenvalue weighted by Gasteiger charge is 2.26. The number of nitrogens with zero attached hydrogens (tertiary/aromatic N) is 1. The highest BCUT2D eigenvalue weighted by atomic mass is 35.5. The van der Waals surface area contributed by atoms with Gasteiger partial charge in [-0.25, -0.2) is 0 Å². The Morgan fingerprint density at radius 2 is 1.93 bits per heavy atom. The second-order valence-corrected chi connectivity index (χ2v) is 7.91. The number of amides is 1. The van der Waals surface area contributed by atoms with Crippen molar-refractivity contribution in [2.24, 2.45) is 5.73 Å². The summed E-state index contributed by atoms with van der Waals surface area (Å²) in [5.74, 6) is 1.06. The largest absolute Gasteiger partial charge is 0.454 e. The van der Waals surface area contributed by atoms with Crippen LogP contribution in [0.25, 0.3) is 11.1 Å². The molecule has 2 N–H and O–H groups in total. The molecule has 30 heavy (non-hydrogen) atoms. The molecular formula is C24H25ClN2O3. The Morgan fingerprint density at radius 1 is 1.17 bits per heavy atom. The number of primary amides is 1. The molecule has 6 heteroatoms. The van der Waals surface area contributed by atoms with E-state index >= 15 is 0 Å². The summed E-state index contributed by atoms with van der Waals surface area (Å²) in [6, 6.07) is 13.5. The summed E-state index contributed by atoms with van der Waals surface area (Å²) in [7, 11) is 0. The lowest BCUT2D eigenvalue weighted by atomic mass is 9.97. The number of carbonyl (C=O) groups is 1. The van der Waals surface area contributed by atoms with Crippen molar-refractivity contribution in [3.63, 3.8) is 0 Å². The molecule has 0 fully saturated rings. The molecule has 1 aliphatic heterocycles. The fourth-order valence-corrected chi connectivity index (χ4v) is 4.32. The van der Waals surface area contributed by atoms with E-state index in [2.05, 4.69) is 11.5 Å². The molecule has 1 aromatic heterocycles. The van der Waals surface area contributed by atoms with Crippen molar-refractivity contribution in [2.75, 3.05) is 6.79 Å². The Morgan fingerprint density at radius 3 is 2.67 bits per heavy atom. The monoisotopic (exact) mass is 424 g/mol. The number of unbranched alkanes of at least 4 members (excludes halogenated alkanes) is 1. The van der Waals surface area contributed by atoms with Gasteiger partial charge in [-0.1, -0.05) is 49.2 Å². The first-order chi connectivity index (χ1) is 14.5. The van der Waals surface area contributed by atoms with E-state index in [0.717, 1.165) is 58.8 Å². The summed E-state index contributed by atoms with van der Waals surface area (Å²) in [6.07, 6.45) is 2.87. The second kappa shape index (κ2) is 8.44. The first kappa shape index (κ1) is 20.4. The number of ether oxygens (including phenoxy) is 2. The molecule has 1 amide bonds. The van der Waals surface area contributed by atoms with Crippen LogP contribution in [0.3, 0.4) is 0 Å². The maximum absolute atomic E-state index is 12.5. The average Bonchev–Trinajstić information content (AvgIpc) is 3.29. The third-order valence-corrected chi connectivity index (χ3v) is 5.90. The first-order valence-corrected chi connectivity index (χ1v) is 10.5. The summed E-state index contributed by atoms with van der Waals surface area (Å²) in [5, 5.41) is 0.609. The second-order valence-electron chi connectivity index (χ2n) is 7.50. The van der Waals surface area contributed by atoms with Gasteiger partial charge in [0, 0.05) is 34.1 Å². The molecule has 0 saturated carbocycles. The van der Waals surface area contributed by atoms with Gasteiger partial charge in [0.2, 0.25) is 6.79 Å². The molecule has 0 aliphatic carbocycles. The molecule has 156 valence electrons. The lowest BCUT2D eigenvalue weighted by Gasteiger charge is -2.14. The van der Waals surface area contributed by atoms with Crippen LogP contribution in [0.4, 0.5) is 0 Å². The molecule has 3 aromatic rings. The quantitative estimate of drug-likeness (QED) is 0.557. The number of aromatic nitrogens is 1. The van der Waals surface area contributed by atoms with Crippen molar-refractivity contribution in [2.45, 2.75) is 39.7 Å². The zero-order valence-electron chi connectivity index (χ0n) is 17.2. The third kappa shape index (κ3) is 3.65. The molecule has 4 rings (SSSR count). The predicted octanol–water partition coefficient (Wildman–Crippen LogP) is 5.34. The molecule has 2 heterocycles. The fourth-order valence-electron chi connectivity index (χ4n) is 4.09. The third-order valence-electron chi connectivity index (χ3n) is 5.57. The molecule has 2 aromatic carbocycles. The number of hydrogen-bond donors (Lipinski definition) is 1. The number of hydrogen-bond acceptors (Lipinski definition) is 3. The number of rotatable bonds is 7. The highest BCUT2D eigenvalue weighted by Crippen LogP contribution is 2.39. The van der Waals surface area contributed by atoms with Crippen molar-refractivity contribution >= 4 is 17.5 Å². The lowest BCUT2D eigenvalue weighted by molar-refractivity contribution is 0.1000. The molecule has 0 bridgehead atoms. The zero-order chi connectivity index (χ0) is 21.3. The molecule has 0 unspecified atom stereocenters. The van der Waals surface area contributed by atoms with E-state index in [1.807, 2.05) is 49.4 Å². The maximum Gasteiger partial charge on any atom is 0.251 e. The summed E-state index contributed by atoms with van der Waals surface area (Å²) in [6.45, 7) is 4.95. The Balaban J connectivity index is 1.88. The fraction of sp³-hybridized carbons (Fsp3) is 0.292.